The summed E-state index contributed by atoms with van der Waals surface area (Å²) >= 11 is 0. The number of carbonyl (C=O) groups is 2. The number of aldehydes is 1. The van der Waals surface area contributed by atoms with Crippen molar-refractivity contribution in [3.63, 3.8) is 0 Å². The van der Waals surface area contributed by atoms with E-state index in [0.717, 1.165) is 0 Å². The molecule has 0 saturated carbocycles. The average molecular weight is 206 g/mol. The highest BCUT2D eigenvalue weighted by Gasteiger charge is 2.32. The van der Waals surface area contributed by atoms with Gasteiger partial charge >= 0.3 is 0 Å². The Kier molecular flexibility index (Phi) is 2.32. The Hall–Kier alpha value is -1.98. The van der Waals surface area contributed by atoms with Crippen molar-refractivity contribution in [1.82, 2.24) is 9.97 Å². The van der Waals surface area contributed by atoms with Crippen LogP contribution >= 0.6 is 0 Å². The van der Waals surface area contributed by atoms with E-state index in [2.05, 4.69) is 9.97 Å². The van der Waals surface area contributed by atoms with E-state index in [1.54, 1.807) is 0 Å². The van der Waals surface area contributed by atoms with Gasteiger partial charge in [-0.2, -0.15) is 0 Å². The molecule has 1 fully saturated rings. The lowest BCUT2D eigenvalue weighted by atomic mass is 10.0. The first kappa shape index (κ1) is 9.57. The first-order chi connectivity index (χ1) is 7.20. The van der Waals surface area contributed by atoms with Gasteiger partial charge in [0.25, 0.3) is 0 Å². The Morgan fingerprint density at radius 3 is 2.53 bits per heavy atom. The highest BCUT2D eigenvalue weighted by Crippen LogP contribution is 2.19. The molecule has 15 heavy (non-hydrogen) atoms. The Morgan fingerprint density at radius 1 is 1.47 bits per heavy atom. The molecule has 0 bridgehead atoms. The second-order valence-electron chi connectivity index (χ2n) is 3.44. The summed E-state index contributed by atoms with van der Waals surface area (Å²) in [5.41, 5.74) is 5.57. The molecule has 6 nitrogen and oxygen atoms in total. The molecule has 0 aliphatic carbocycles. The molecule has 6 heteroatoms. The second-order valence-corrected chi connectivity index (χ2v) is 3.44. The van der Waals surface area contributed by atoms with Crippen LogP contribution in [0.15, 0.2) is 12.4 Å². The molecular weight excluding hydrogens is 196 g/mol. The van der Waals surface area contributed by atoms with Crippen molar-refractivity contribution in [2.24, 2.45) is 11.7 Å². The van der Waals surface area contributed by atoms with Gasteiger partial charge in [-0.15, -0.1) is 0 Å². The van der Waals surface area contributed by atoms with Crippen LogP contribution in [-0.2, 0) is 4.79 Å². The number of nitrogens with zero attached hydrogens (tertiary/aromatic N) is 3. The zero-order chi connectivity index (χ0) is 10.8. The number of primary amides is 1. The monoisotopic (exact) mass is 206 g/mol. The lowest BCUT2D eigenvalue weighted by molar-refractivity contribution is -0.122. The van der Waals surface area contributed by atoms with Crippen LogP contribution < -0.4 is 10.6 Å². The fourth-order valence-corrected chi connectivity index (χ4v) is 1.38. The fraction of sp³-hybridized carbons (Fsp3) is 0.333. The van der Waals surface area contributed by atoms with E-state index >= 15 is 0 Å². The van der Waals surface area contributed by atoms with Crippen LogP contribution in [0.25, 0.3) is 0 Å². The Labute approximate surface area is 86.1 Å². The van der Waals surface area contributed by atoms with Gasteiger partial charge in [-0.25, -0.2) is 9.97 Å². The van der Waals surface area contributed by atoms with E-state index < -0.39 is 0 Å². The van der Waals surface area contributed by atoms with Crippen LogP contribution in [0.1, 0.15) is 10.4 Å². The number of anilines is 1. The number of carbonyl (C=O) groups excluding carboxylic acids is 2. The molecule has 78 valence electrons. The SMILES string of the molecule is NC(=O)C1CN(c2ncc(C=O)cn2)C1. The van der Waals surface area contributed by atoms with Crippen LogP contribution in [-0.4, -0.2) is 35.3 Å². The molecule has 0 atom stereocenters. The maximum absolute atomic E-state index is 10.8. The molecule has 1 aromatic rings. The summed E-state index contributed by atoms with van der Waals surface area (Å²) in [4.78, 5) is 31.0. The number of amides is 1. The maximum Gasteiger partial charge on any atom is 0.225 e. The van der Waals surface area contributed by atoms with Crippen molar-refractivity contribution < 1.29 is 9.59 Å². The Balaban J connectivity index is 2.01. The van der Waals surface area contributed by atoms with Crippen LogP contribution in [0, 0.1) is 5.92 Å². The third kappa shape index (κ3) is 1.78. The quantitative estimate of drug-likeness (QED) is 0.654. The van der Waals surface area contributed by atoms with E-state index in [-0.39, 0.29) is 11.8 Å². The van der Waals surface area contributed by atoms with Crippen molar-refractivity contribution in [1.29, 1.82) is 0 Å². The van der Waals surface area contributed by atoms with Gasteiger partial charge in [0.2, 0.25) is 11.9 Å². The van der Waals surface area contributed by atoms with Crippen molar-refractivity contribution in [3.8, 4) is 0 Å². The summed E-state index contributed by atoms with van der Waals surface area (Å²) in [6.07, 6.45) is 3.59. The molecular formula is C9H10N4O2. The van der Waals surface area contributed by atoms with E-state index in [1.165, 1.54) is 12.4 Å². The van der Waals surface area contributed by atoms with Gasteiger partial charge in [0, 0.05) is 25.5 Å². The predicted molar refractivity (Wildman–Crippen MR) is 52.3 cm³/mol. The molecule has 1 amide bonds. The van der Waals surface area contributed by atoms with E-state index in [9.17, 15) is 9.59 Å². The molecule has 2 rings (SSSR count). The molecule has 2 N–H and O–H groups in total. The molecule has 1 aliphatic heterocycles. The minimum absolute atomic E-state index is 0.112. The number of aromatic nitrogens is 2. The Morgan fingerprint density at radius 2 is 2.07 bits per heavy atom. The number of hydrogen-bond acceptors (Lipinski definition) is 5. The van der Waals surface area contributed by atoms with Crippen molar-refractivity contribution in [3.05, 3.63) is 18.0 Å². The van der Waals surface area contributed by atoms with E-state index in [0.29, 0.717) is 30.9 Å². The highest BCUT2D eigenvalue weighted by molar-refractivity contribution is 5.79. The summed E-state index contributed by atoms with van der Waals surface area (Å²) in [6.45, 7) is 1.10. The van der Waals surface area contributed by atoms with Gasteiger partial charge in [0.1, 0.15) is 0 Å². The zero-order valence-corrected chi connectivity index (χ0v) is 7.96. The number of nitrogens with two attached hydrogens (primary N) is 1. The van der Waals surface area contributed by atoms with Crippen LogP contribution in [0.2, 0.25) is 0 Å². The van der Waals surface area contributed by atoms with Gasteiger partial charge in [-0.05, 0) is 0 Å². The third-order valence-corrected chi connectivity index (χ3v) is 2.36. The van der Waals surface area contributed by atoms with Gasteiger partial charge in [-0.1, -0.05) is 0 Å². The van der Waals surface area contributed by atoms with Crippen molar-refractivity contribution in [2.45, 2.75) is 0 Å². The smallest absolute Gasteiger partial charge is 0.225 e. The summed E-state index contributed by atoms with van der Waals surface area (Å²) in [5, 5.41) is 0. The third-order valence-electron chi connectivity index (χ3n) is 2.36. The molecule has 1 aromatic heterocycles. The van der Waals surface area contributed by atoms with Crippen LogP contribution in [0.3, 0.4) is 0 Å². The molecule has 0 aromatic carbocycles. The topological polar surface area (TPSA) is 89.2 Å². The number of hydrogen-bond donors (Lipinski definition) is 1. The normalized spacial score (nSPS) is 15.9. The zero-order valence-electron chi connectivity index (χ0n) is 7.96. The van der Waals surface area contributed by atoms with Gasteiger partial charge in [0.05, 0.1) is 11.5 Å². The first-order valence-corrected chi connectivity index (χ1v) is 4.52. The minimum atomic E-state index is -0.296. The Bertz CT molecular complexity index is 384. The van der Waals surface area contributed by atoms with Crippen molar-refractivity contribution in [2.75, 3.05) is 18.0 Å². The highest BCUT2D eigenvalue weighted by atomic mass is 16.1. The lowest BCUT2D eigenvalue weighted by Gasteiger charge is -2.37. The largest absolute Gasteiger partial charge is 0.369 e. The standard InChI is InChI=1S/C9H10N4O2/c10-8(15)7-3-13(4-7)9-11-1-6(5-14)2-12-9/h1-2,5,7H,3-4H2,(H2,10,15). The van der Waals surface area contributed by atoms with Crippen LogP contribution in [0.5, 0.6) is 0 Å². The first-order valence-electron chi connectivity index (χ1n) is 4.52. The molecule has 1 aliphatic rings. The summed E-state index contributed by atoms with van der Waals surface area (Å²) in [6, 6.07) is 0. The second kappa shape index (κ2) is 3.64. The van der Waals surface area contributed by atoms with Gasteiger partial charge in [-0.3, -0.25) is 9.59 Å². The van der Waals surface area contributed by atoms with Crippen LogP contribution in [0.4, 0.5) is 5.95 Å². The maximum atomic E-state index is 10.8. The van der Waals surface area contributed by atoms with Gasteiger partial charge in [0.15, 0.2) is 6.29 Å². The van der Waals surface area contributed by atoms with Crippen molar-refractivity contribution >= 4 is 18.1 Å². The van der Waals surface area contributed by atoms with Gasteiger partial charge < -0.3 is 10.6 Å². The summed E-state index contributed by atoms with van der Waals surface area (Å²) in [5.74, 6) is 0.119. The molecule has 0 spiro atoms. The molecule has 0 unspecified atom stereocenters. The lowest BCUT2D eigenvalue weighted by Crippen LogP contribution is -2.53. The molecule has 1 saturated heterocycles. The molecule has 2 heterocycles. The van der Waals surface area contributed by atoms with E-state index in [1.807, 2.05) is 4.90 Å². The van der Waals surface area contributed by atoms with E-state index in [4.69, 9.17) is 5.73 Å². The summed E-state index contributed by atoms with van der Waals surface area (Å²) < 4.78 is 0. The minimum Gasteiger partial charge on any atom is -0.369 e. The predicted octanol–water partition coefficient (Wildman–Crippen LogP) is -0.789. The fourth-order valence-electron chi connectivity index (χ4n) is 1.38. The summed E-state index contributed by atoms with van der Waals surface area (Å²) in [7, 11) is 0. The number of rotatable bonds is 3. The average Bonchev–Trinajstić information content (AvgIpc) is 2.16. The molecule has 0 radical (unpaired) electrons.